The average molecular weight is 499 g/mol. The minimum atomic E-state index is -4.86. The van der Waals surface area contributed by atoms with Crippen molar-refractivity contribution in [1.29, 1.82) is 0 Å². The van der Waals surface area contributed by atoms with Gasteiger partial charge < -0.3 is 24.6 Å². The second-order valence-corrected chi connectivity index (χ2v) is 7.99. The fourth-order valence-corrected chi connectivity index (χ4v) is 3.62. The van der Waals surface area contributed by atoms with Gasteiger partial charge in [0.05, 0.1) is 62.3 Å². The summed E-state index contributed by atoms with van der Waals surface area (Å²) in [4.78, 5) is 36.6. The van der Waals surface area contributed by atoms with Crippen molar-refractivity contribution in [3.8, 4) is 0 Å². The van der Waals surface area contributed by atoms with E-state index in [2.05, 4.69) is 25.3 Å². The average Bonchev–Trinajstić information content (AvgIpc) is 2.81. The first-order valence-corrected chi connectivity index (χ1v) is 11.0. The number of rotatable bonds is 10. The highest BCUT2D eigenvalue weighted by atomic mass is 19.4. The zero-order valence-electron chi connectivity index (χ0n) is 19.5. The number of carbonyl (C=O) groups excluding carboxylic acids is 1. The molecule has 3 heterocycles. The van der Waals surface area contributed by atoms with Crippen LogP contribution in [0, 0.1) is 6.92 Å². The summed E-state index contributed by atoms with van der Waals surface area (Å²) in [5, 5.41) is 7.82. The Kier molecular flexibility index (Phi) is 8.98. The normalized spacial score (nSPS) is 15.2. The highest BCUT2D eigenvalue weighted by Gasteiger charge is 2.37. The molecule has 1 aliphatic rings. The summed E-state index contributed by atoms with van der Waals surface area (Å²) in [5.74, 6) is 0.695. The van der Waals surface area contributed by atoms with E-state index in [4.69, 9.17) is 9.47 Å². The smallest absolute Gasteiger partial charge is 0.382 e. The summed E-state index contributed by atoms with van der Waals surface area (Å²) < 4.78 is 50.3. The summed E-state index contributed by atoms with van der Waals surface area (Å²) in [5.41, 5.74) is -2.36. The van der Waals surface area contributed by atoms with E-state index >= 15 is 0 Å². The number of alkyl halides is 3. The second-order valence-electron chi connectivity index (χ2n) is 7.99. The maximum absolute atomic E-state index is 13.3. The number of amides is 1. The van der Waals surface area contributed by atoms with Gasteiger partial charge in [-0.1, -0.05) is 0 Å². The first kappa shape index (κ1) is 26.3. The van der Waals surface area contributed by atoms with Gasteiger partial charge in [0, 0.05) is 33.3 Å². The molecule has 3 rings (SSSR count). The Labute approximate surface area is 199 Å². The lowest BCUT2D eigenvalue weighted by Gasteiger charge is -2.35. The molecule has 0 spiro atoms. The van der Waals surface area contributed by atoms with Crippen LogP contribution in [0.15, 0.2) is 23.4 Å². The quantitative estimate of drug-likeness (QED) is 0.462. The highest BCUT2D eigenvalue weighted by Crippen LogP contribution is 2.31. The number of piperazine rings is 1. The maximum Gasteiger partial charge on any atom is 0.423 e. The van der Waals surface area contributed by atoms with Gasteiger partial charge in [-0.2, -0.15) is 18.3 Å². The number of nitrogens with one attached hydrogen (secondary N) is 2. The predicted octanol–water partition coefficient (Wildman–Crippen LogP) is 1.07. The fraction of sp³-hybridized carbons (Fsp3) is 0.571. The van der Waals surface area contributed by atoms with Gasteiger partial charge in [0.15, 0.2) is 0 Å². The van der Waals surface area contributed by atoms with Crippen molar-refractivity contribution >= 4 is 17.4 Å². The third-order valence-corrected chi connectivity index (χ3v) is 5.37. The van der Waals surface area contributed by atoms with E-state index < -0.39 is 29.0 Å². The van der Waals surface area contributed by atoms with Crippen LogP contribution >= 0.6 is 0 Å². The van der Waals surface area contributed by atoms with E-state index in [-0.39, 0.29) is 32.1 Å². The molecule has 0 radical (unpaired) electrons. The second kappa shape index (κ2) is 11.9. The molecule has 2 aromatic heterocycles. The summed E-state index contributed by atoms with van der Waals surface area (Å²) in [6.45, 7) is 4.28. The molecular formula is C21H28F3N7O4. The van der Waals surface area contributed by atoms with Gasteiger partial charge in [-0.3, -0.25) is 14.6 Å². The van der Waals surface area contributed by atoms with Gasteiger partial charge in [0.1, 0.15) is 11.4 Å². The van der Waals surface area contributed by atoms with Gasteiger partial charge in [-0.05, 0) is 6.92 Å². The lowest BCUT2D eigenvalue weighted by atomic mass is 10.2. The van der Waals surface area contributed by atoms with Crippen LogP contribution in [0.2, 0.25) is 0 Å². The van der Waals surface area contributed by atoms with Gasteiger partial charge in [-0.15, -0.1) is 0 Å². The minimum absolute atomic E-state index is 0.0158. The van der Waals surface area contributed by atoms with Crippen molar-refractivity contribution in [1.82, 2.24) is 25.1 Å². The Hall–Kier alpha value is -3.26. The molecule has 0 aromatic carbocycles. The number of aryl methyl sites for hydroxylation is 1. The fourth-order valence-electron chi connectivity index (χ4n) is 3.62. The van der Waals surface area contributed by atoms with Crippen molar-refractivity contribution < 1.29 is 27.4 Å². The zero-order chi connectivity index (χ0) is 25.4. The number of aromatic amines is 1. The SMILES string of the molecule is COCC(COCCC(=O)N1CCN(c2cnc(C)cn2)CC1)Nc1cn[nH]c(=O)c1C(F)(F)F. The number of aromatic nitrogens is 4. The molecule has 0 saturated carbocycles. The van der Waals surface area contributed by atoms with Gasteiger partial charge in [0.2, 0.25) is 5.91 Å². The lowest BCUT2D eigenvalue weighted by molar-refractivity contribution is -0.138. The lowest BCUT2D eigenvalue weighted by Crippen LogP contribution is -2.49. The molecule has 11 nitrogen and oxygen atoms in total. The van der Waals surface area contributed by atoms with Crippen LogP contribution in [0.3, 0.4) is 0 Å². The van der Waals surface area contributed by atoms with E-state index in [1.807, 2.05) is 6.92 Å². The van der Waals surface area contributed by atoms with Crippen molar-refractivity contribution in [3.05, 3.63) is 40.2 Å². The minimum Gasteiger partial charge on any atom is -0.382 e. The van der Waals surface area contributed by atoms with Crippen LogP contribution < -0.4 is 15.8 Å². The first-order valence-electron chi connectivity index (χ1n) is 11.0. The summed E-state index contributed by atoms with van der Waals surface area (Å²) in [6, 6.07) is -0.695. The van der Waals surface area contributed by atoms with Crippen LogP contribution in [0.1, 0.15) is 17.7 Å². The van der Waals surface area contributed by atoms with E-state index in [9.17, 15) is 22.8 Å². The third-order valence-electron chi connectivity index (χ3n) is 5.37. The number of halogens is 3. The van der Waals surface area contributed by atoms with E-state index in [1.165, 1.54) is 7.11 Å². The number of H-pyrrole nitrogens is 1. The highest BCUT2D eigenvalue weighted by molar-refractivity contribution is 5.76. The van der Waals surface area contributed by atoms with Crippen molar-refractivity contribution in [2.45, 2.75) is 25.6 Å². The monoisotopic (exact) mass is 499 g/mol. The Morgan fingerprint density at radius 2 is 1.91 bits per heavy atom. The molecule has 1 atom stereocenters. The Bertz CT molecular complexity index is 1020. The van der Waals surface area contributed by atoms with Gasteiger partial charge in [0.25, 0.3) is 5.56 Å². The van der Waals surface area contributed by atoms with Gasteiger partial charge >= 0.3 is 6.18 Å². The van der Waals surface area contributed by atoms with Crippen molar-refractivity contribution in [2.75, 3.05) is 63.3 Å². The topological polar surface area (TPSA) is 126 Å². The summed E-state index contributed by atoms with van der Waals surface area (Å²) >= 11 is 0. The van der Waals surface area contributed by atoms with Crippen LogP contribution in [0.25, 0.3) is 0 Å². The molecule has 2 aromatic rings. The molecule has 1 aliphatic heterocycles. The van der Waals surface area contributed by atoms with Crippen LogP contribution in [0.5, 0.6) is 0 Å². The molecule has 1 amide bonds. The number of hydrogen-bond acceptors (Lipinski definition) is 9. The Balaban J connectivity index is 1.45. The molecule has 1 fully saturated rings. The number of hydrogen-bond donors (Lipinski definition) is 2. The molecule has 192 valence electrons. The number of methoxy groups -OCH3 is 1. The Morgan fingerprint density at radius 1 is 1.17 bits per heavy atom. The number of anilines is 2. The zero-order valence-corrected chi connectivity index (χ0v) is 19.5. The molecule has 1 unspecified atom stereocenters. The van der Waals surface area contributed by atoms with Crippen LogP contribution in [-0.4, -0.2) is 90.1 Å². The first-order chi connectivity index (χ1) is 16.7. The summed E-state index contributed by atoms with van der Waals surface area (Å²) in [7, 11) is 1.39. The number of ether oxygens (including phenoxy) is 2. The van der Waals surface area contributed by atoms with E-state index in [0.29, 0.717) is 26.2 Å². The van der Waals surface area contributed by atoms with E-state index in [1.54, 1.807) is 22.4 Å². The van der Waals surface area contributed by atoms with Crippen molar-refractivity contribution in [2.24, 2.45) is 0 Å². The molecule has 0 bridgehead atoms. The third kappa shape index (κ3) is 7.36. The number of carbonyl (C=O) groups is 1. The van der Waals surface area contributed by atoms with Crippen LogP contribution in [-0.2, 0) is 20.4 Å². The predicted molar refractivity (Wildman–Crippen MR) is 120 cm³/mol. The van der Waals surface area contributed by atoms with Crippen molar-refractivity contribution in [3.63, 3.8) is 0 Å². The van der Waals surface area contributed by atoms with Gasteiger partial charge in [-0.25, -0.2) is 10.1 Å². The molecule has 14 heteroatoms. The maximum atomic E-state index is 13.3. The molecular weight excluding hydrogens is 471 g/mol. The molecule has 1 saturated heterocycles. The Morgan fingerprint density at radius 3 is 2.54 bits per heavy atom. The number of nitrogens with zero attached hydrogens (tertiary/aromatic N) is 5. The van der Waals surface area contributed by atoms with Crippen LogP contribution in [0.4, 0.5) is 24.7 Å². The molecule has 35 heavy (non-hydrogen) atoms. The molecule has 0 aliphatic carbocycles. The largest absolute Gasteiger partial charge is 0.423 e. The summed E-state index contributed by atoms with van der Waals surface area (Å²) in [6.07, 6.45) is -0.431. The standard InChI is InChI=1S/C21H28F3N7O4/c1-14-9-26-17(11-25-14)30-4-6-31(7-5-30)18(32)3-8-35-13-15(12-34-2)28-16-10-27-29-20(33)19(16)21(22,23)24/h9-11,15H,3-8,12-13H2,1-2H3,(H2,28,29,33). The van der Waals surface area contributed by atoms with E-state index in [0.717, 1.165) is 17.7 Å². The molecule has 2 N–H and O–H groups in total.